The monoisotopic (exact) mass is 163 g/mol. The zero-order valence-corrected chi connectivity index (χ0v) is 6.10. The lowest BCUT2D eigenvalue weighted by atomic mass is 9.76. The number of hydrogen-bond acceptors (Lipinski definition) is 4. The first-order valence-corrected chi connectivity index (χ1v) is 3.25. The smallest absolute Gasteiger partial charge is 0.493 e. The lowest BCUT2D eigenvalue weighted by Gasteiger charge is -2.03. The molecule has 0 aliphatic rings. The van der Waals surface area contributed by atoms with E-state index >= 15 is 0 Å². The molecular weight excluding hydrogens is 157 g/mol. The minimum atomic E-state index is -1.82. The van der Waals surface area contributed by atoms with Crippen LogP contribution in [-0.4, -0.2) is 22.3 Å². The number of phenolic OH excluding ortho intramolecular Hbond substituents is 1. The number of nitriles is 1. The minimum absolute atomic E-state index is 0.0602. The number of rotatable bonds is 1. The standard InChI is InChI=1S/C7H6BNO3/c9-4-5-2-1-3-6(10)7(5)8(11)12/h1-3,10-12H. The van der Waals surface area contributed by atoms with Gasteiger partial charge in [-0.15, -0.1) is 0 Å². The summed E-state index contributed by atoms with van der Waals surface area (Å²) in [5, 5.41) is 35.2. The fourth-order valence-corrected chi connectivity index (χ4v) is 0.922. The van der Waals surface area contributed by atoms with Crippen LogP contribution in [0.25, 0.3) is 0 Å². The summed E-state index contributed by atoms with van der Waals surface area (Å²) < 4.78 is 0. The first-order valence-electron chi connectivity index (χ1n) is 3.25. The molecule has 1 aromatic rings. The van der Waals surface area contributed by atoms with Gasteiger partial charge in [0.05, 0.1) is 11.6 Å². The molecule has 0 aromatic heterocycles. The van der Waals surface area contributed by atoms with Crippen LogP contribution in [0.3, 0.4) is 0 Å². The van der Waals surface area contributed by atoms with E-state index in [1.165, 1.54) is 18.2 Å². The van der Waals surface area contributed by atoms with Gasteiger partial charge in [-0.3, -0.25) is 0 Å². The van der Waals surface area contributed by atoms with Crippen LogP contribution in [0.15, 0.2) is 18.2 Å². The molecular formula is C7H6BNO3. The Balaban J connectivity index is 3.32. The van der Waals surface area contributed by atoms with Gasteiger partial charge in [0, 0.05) is 5.46 Å². The third-order valence-electron chi connectivity index (χ3n) is 1.46. The molecule has 60 valence electrons. The van der Waals surface area contributed by atoms with Crippen molar-refractivity contribution in [1.29, 1.82) is 5.26 Å². The lowest BCUT2D eigenvalue weighted by molar-refractivity contribution is 0.419. The normalized spacial score (nSPS) is 9.08. The summed E-state index contributed by atoms with van der Waals surface area (Å²) in [6, 6.07) is 5.88. The molecule has 0 saturated heterocycles. The molecule has 12 heavy (non-hydrogen) atoms. The van der Waals surface area contributed by atoms with Crippen molar-refractivity contribution < 1.29 is 15.2 Å². The topological polar surface area (TPSA) is 84.5 Å². The molecule has 0 fully saturated rings. The minimum Gasteiger partial charge on any atom is -0.508 e. The summed E-state index contributed by atoms with van der Waals surface area (Å²) in [5.41, 5.74) is -0.0926. The molecule has 0 spiro atoms. The van der Waals surface area contributed by atoms with Gasteiger partial charge in [0.2, 0.25) is 0 Å². The van der Waals surface area contributed by atoms with Gasteiger partial charge >= 0.3 is 7.12 Å². The Morgan fingerprint density at radius 2 is 2.00 bits per heavy atom. The highest BCUT2D eigenvalue weighted by molar-refractivity contribution is 6.60. The van der Waals surface area contributed by atoms with Crippen molar-refractivity contribution in [3.8, 4) is 11.8 Å². The summed E-state index contributed by atoms with van der Waals surface area (Å²) in [4.78, 5) is 0. The summed E-state index contributed by atoms with van der Waals surface area (Å²) in [7, 11) is -1.82. The molecule has 0 saturated carbocycles. The largest absolute Gasteiger partial charge is 0.508 e. The van der Waals surface area contributed by atoms with E-state index in [-0.39, 0.29) is 16.8 Å². The Morgan fingerprint density at radius 3 is 2.42 bits per heavy atom. The molecule has 0 bridgehead atoms. The molecule has 0 aliphatic carbocycles. The highest BCUT2D eigenvalue weighted by Gasteiger charge is 2.19. The van der Waals surface area contributed by atoms with E-state index in [0.29, 0.717) is 0 Å². The first-order chi connectivity index (χ1) is 5.66. The summed E-state index contributed by atoms with van der Waals surface area (Å²) in [6.07, 6.45) is 0. The Bertz CT molecular complexity index is 332. The van der Waals surface area contributed by atoms with Crippen molar-refractivity contribution in [2.45, 2.75) is 0 Å². The highest BCUT2D eigenvalue weighted by Crippen LogP contribution is 2.07. The van der Waals surface area contributed by atoms with Crippen LogP contribution in [0, 0.1) is 11.3 Å². The Kier molecular flexibility index (Phi) is 2.33. The second-order valence-corrected chi connectivity index (χ2v) is 2.22. The lowest BCUT2D eigenvalue weighted by Crippen LogP contribution is -2.32. The second-order valence-electron chi connectivity index (χ2n) is 2.22. The van der Waals surface area contributed by atoms with Gasteiger partial charge in [-0.1, -0.05) is 6.07 Å². The van der Waals surface area contributed by atoms with Crippen molar-refractivity contribution in [1.82, 2.24) is 0 Å². The molecule has 5 heteroatoms. The van der Waals surface area contributed by atoms with E-state index in [1.54, 1.807) is 6.07 Å². The molecule has 3 N–H and O–H groups in total. The second kappa shape index (κ2) is 3.26. The first kappa shape index (κ1) is 8.59. The predicted octanol–water partition coefficient (Wildman–Crippen LogP) is -1.06. The molecule has 0 aliphatic heterocycles. The Labute approximate surface area is 69.5 Å². The van der Waals surface area contributed by atoms with Gasteiger partial charge in [0.1, 0.15) is 5.75 Å². The number of phenols is 1. The molecule has 0 unspecified atom stereocenters. The van der Waals surface area contributed by atoms with Crippen LogP contribution in [0.2, 0.25) is 0 Å². The van der Waals surface area contributed by atoms with Gasteiger partial charge in [0.15, 0.2) is 0 Å². The van der Waals surface area contributed by atoms with Crippen molar-refractivity contribution >= 4 is 12.6 Å². The summed E-state index contributed by atoms with van der Waals surface area (Å²) >= 11 is 0. The number of benzene rings is 1. The molecule has 0 radical (unpaired) electrons. The average Bonchev–Trinajstić information content (AvgIpc) is 2.03. The molecule has 1 rings (SSSR count). The molecule has 1 aromatic carbocycles. The van der Waals surface area contributed by atoms with E-state index in [4.69, 9.17) is 20.4 Å². The molecule has 4 nitrogen and oxygen atoms in total. The number of aromatic hydroxyl groups is 1. The Hall–Kier alpha value is -1.51. The molecule has 0 heterocycles. The SMILES string of the molecule is N#Cc1cccc(O)c1B(O)O. The van der Waals surface area contributed by atoms with Crippen molar-refractivity contribution in [2.75, 3.05) is 0 Å². The molecule has 0 amide bonds. The van der Waals surface area contributed by atoms with Gasteiger partial charge in [0.25, 0.3) is 0 Å². The van der Waals surface area contributed by atoms with Crippen LogP contribution in [0.1, 0.15) is 5.56 Å². The number of nitrogens with zero attached hydrogens (tertiary/aromatic N) is 1. The number of hydrogen-bond donors (Lipinski definition) is 3. The van der Waals surface area contributed by atoms with Gasteiger partial charge in [-0.05, 0) is 12.1 Å². The van der Waals surface area contributed by atoms with Gasteiger partial charge in [-0.2, -0.15) is 5.26 Å². The fourth-order valence-electron chi connectivity index (χ4n) is 0.922. The van der Waals surface area contributed by atoms with Gasteiger partial charge < -0.3 is 15.2 Å². The van der Waals surface area contributed by atoms with E-state index in [1.807, 2.05) is 0 Å². The average molecular weight is 163 g/mol. The van der Waals surface area contributed by atoms with Crippen LogP contribution >= 0.6 is 0 Å². The fraction of sp³-hybridized carbons (Fsp3) is 0. The quantitative estimate of drug-likeness (QED) is 0.461. The van der Waals surface area contributed by atoms with Crippen LogP contribution < -0.4 is 5.46 Å². The van der Waals surface area contributed by atoms with E-state index < -0.39 is 7.12 Å². The predicted molar refractivity (Wildman–Crippen MR) is 42.6 cm³/mol. The van der Waals surface area contributed by atoms with Crippen LogP contribution in [-0.2, 0) is 0 Å². The van der Waals surface area contributed by atoms with Crippen LogP contribution in [0.4, 0.5) is 0 Å². The molecule has 0 atom stereocenters. The highest BCUT2D eigenvalue weighted by atomic mass is 16.4. The van der Waals surface area contributed by atoms with Crippen molar-refractivity contribution in [3.63, 3.8) is 0 Å². The third-order valence-corrected chi connectivity index (χ3v) is 1.46. The van der Waals surface area contributed by atoms with Crippen molar-refractivity contribution in [2.24, 2.45) is 0 Å². The van der Waals surface area contributed by atoms with E-state index in [9.17, 15) is 0 Å². The van der Waals surface area contributed by atoms with Gasteiger partial charge in [-0.25, -0.2) is 0 Å². The zero-order chi connectivity index (χ0) is 9.14. The summed E-state index contributed by atoms with van der Waals surface area (Å²) in [6.45, 7) is 0. The summed E-state index contributed by atoms with van der Waals surface area (Å²) in [5.74, 6) is -0.288. The maximum Gasteiger partial charge on any atom is 0.493 e. The van der Waals surface area contributed by atoms with E-state index in [2.05, 4.69) is 0 Å². The van der Waals surface area contributed by atoms with Crippen molar-refractivity contribution in [3.05, 3.63) is 23.8 Å². The van der Waals surface area contributed by atoms with Crippen LogP contribution in [0.5, 0.6) is 5.75 Å². The maximum absolute atomic E-state index is 9.12. The Morgan fingerprint density at radius 1 is 1.33 bits per heavy atom. The third kappa shape index (κ3) is 1.40. The zero-order valence-electron chi connectivity index (χ0n) is 6.10. The van der Waals surface area contributed by atoms with E-state index in [0.717, 1.165) is 0 Å². The maximum atomic E-state index is 9.12.